The Bertz CT molecular complexity index is 2200. The summed E-state index contributed by atoms with van der Waals surface area (Å²) in [7, 11) is 0. The molecule has 0 bridgehead atoms. The van der Waals surface area contributed by atoms with E-state index in [2.05, 4.69) is 109 Å². The summed E-state index contributed by atoms with van der Waals surface area (Å²) in [4.78, 5) is 15.3. The van der Waals surface area contributed by atoms with Crippen molar-refractivity contribution in [3.8, 4) is 33.9 Å². The van der Waals surface area contributed by atoms with Gasteiger partial charge in [-0.2, -0.15) is 0 Å². The monoisotopic (exact) mass is 509 g/mol. The molecule has 0 saturated heterocycles. The smallest absolute Gasteiger partial charge is 0.160 e. The molecular formula is C37H23N3. The lowest BCUT2D eigenvalue weighted by Gasteiger charge is -2.14. The Morgan fingerprint density at radius 3 is 1.82 bits per heavy atom. The molecule has 3 heteroatoms. The molecule has 40 heavy (non-hydrogen) atoms. The Morgan fingerprint density at radius 2 is 0.975 bits per heavy atom. The lowest BCUT2D eigenvalue weighted by molar-refractivity contribution is 1.23. The van der Waals surface area contributed by atoms with Gasteiger partial charge in [-0.25, -0.2) is 15.0 Å². The molecule has 3 nitrogen and oxygen atoms in total. The summed E-state index contributed by atoms with van der Waals surface area (Å²) < 4.78 is 0. The molecule has 0 saturated carbocycles. The van der Waals surface area contributed by atoms with Crippen molar-refractivity contribution in [2.75, 3.05) is 0 Å². The summed E-state index contributed by atoms with van der Waals surface area (Å²) in [6.07, 6.45) is 0. The maximum atomic E-state index is 5.19. The lowest BCUT2D eigenvalue weighted by atomic mass is 9.95. The van der Waals surface area contributed by atoms with Gasteiger partial charge in [-0.05, 0) is 29.0 Å². The van der Waals surface area contributed by atoms with Gasteiger partial charge in [0, 0.05) is 38.2 Å². The van der Waals surface area contributed by atoms with Gasteiger partial charge in [-0.1, -0.05) is 121 Å². The molecule has 8 aromatic rings. The van der Waals surface area contributed by atoms with Crippen LogP contribution in [0.25, 0.3) is 77.3 Å². The van der Waals surface area contributed by atoms with Crippen molar-refractivity contribution < 1.29 is 0 Å². The van der Waals surface area contributed by atoms with Gasteiger partial charge < -0.3 is 0 Å². The first kappa shape index (κ1) is 22.6. The van der Waals surface area contributed by atoms with Crippen molar-refractivity contribution in [3.05, 3.63) is 140 Å². The quantitative estimate of drug-likeness (QED) is 0.223. The molecule has 2 heterocycles. The van der Waals surface area contributed by atoms with Gasteiger partial charge in [-0.15, -0.1) is 0 Å². The Hall–Kier alpha value is -5.41. The van der Waals surface area contributed by atoms with Crippen LogP contribution in [0.2, 0.25) is 0 Å². The van der Waals surface area contributed by atoms with Crippen molar-refractivity contribution in [1.29, 1.82) is 0 Å². The minimum absolute atomic E-state index is 0.704. The summed E-state index contributed by atoms with van der Waals surface area (Å²) in [6.45, 7) is 0. The highest BCUT2D eigenvalue weighted by atomic mass is 14.9. The SMILES string of the molecule is c1ccc(-c2nc(-c3cccc(-c4nc5ccccc5c5c4ccc4ccccc45)c3)nc3ccccc23)cc1. The van der Waals surface area contributed by atoms with E-state index in [9.17, 15) is 0 Å². The van der Waals surface area contributed by atoms with E-state index in [1.165, 1.54) is 21.5 Å². The van der Waals surface area contributed by atoms with E-state index in [-0.39, 0.29) is 0 Å². The Labute approximate surface area is 231 Å². The highest BCUT2D eigenvalue weighted by molar-refractivity contribution is 6.22. The highest BCUT2D eigenvalue weighted by Gasteiger charge is 2.15. The van der Waals surface area contributed by atoms with Gasteiger partial charge >= 0.3 is 0 Å². The summed E-state index contributed by atoms with van der Waals surface area (Å²) in [5.41, 5.74) is 6.90. The molecule has 186 valence electrons. The summed E-state index contributed by atoms with van der Waals surface area (Å²) in [5, 5.41) is 7.05. The van der Waals surface area contributed by atoms with Gasteiger partial charge in [0.2, 0.25) is 0 Å². The van der Waals surface area contributed by atoms with Crippen LogP contribution in [0.4, 0.5) is 0 Å². The molecule has 0 N–H and O–H groups in total. The fourth-order valence-corrected chi connectivity index (χ4v) is 5.77. The molecule has 0 atom stereocenters. The van der Waals surface area contributed by atoms with Crippen molar-refractivity contribution in [2.24, 2.45) is 0 Å². The largest absolute Gasteiger partial charge is 0.247 e. The lowest BCUT2D eigenvalue weighted by Crippen LogP contribution is -1.96. The Morgan fingerprint density at radius 1 is 0.350 bits per heavy atom. The molecule has 0 fully saturated rings. The third kappa shape index (κ3) is 3.63. The van der Waals surface area contributed by atoms with Crippen molar-refractivity contribution in [3.63, 3.8) is 0 Å². The van der Waals surface area contributed by atoms with Crippen LogP contribution in [0.5, 0.6) is 0 Å². The molecule has 6 aromatic carbocycles. The molecular weight excluding hydrogens is 486 g/mol. The van der Waals surface area contributed by atoms with E-state index >= 15 is 0 Å². The van der Waals surface area contributed by atoms with Crippen molar-refractivity contribution in [2.45, 2.75) is 0 Å². The molecule has 0 spiro atoms. The average Bonchev–Trinajstić information content (AvgIpc) is 3.04. The molecule has 0 amide bonds. The first-order chi connectivity index (χ1) is 19.8. The molecule has 0 aliphatic carbocycles. The van der Waals surface area contributed by atoms with Gasteiger partial charge in [0.05, 0.1) is 22.4 Å². The minimum atomic E-state index is 0.704. The van der Waals surface area contributed by atoms with Crippen molar-refractivity contribution >= 4 is 43.4 Å². The molecule has 2 aromatic heterocycles. The second-order valence-corrected chi connectivity index (χ2v) is 10.0. The molecule has 0 aliphatic rings. The number of pyridine rings is 1. The van der Waals surface area contributed by atoms with Crippen LogP contribution in [0, 0.1) is 0 Å². The highest BCUT2D eigenvalue weighted by Crippen LogP contribution is 2.38. The zero-order chi connectivity index (χ0) is 26.5. The van der Waals surface area contributed by atoms with E-state index in [0.29, 0.717) is 5.82 Å². The number of para-hydroxylation sites is 2. The fourth-order valence-electron chi connectivity index (χ4n) is 5.77. The van der Waals surface area contributed by atoms with Crippen LogP contribution >= 0.6 is 0 Å². The summed E-state index contributed by atoms with van der Waals surface area (Å²) >= 11 is 0. The zero-order valence-electron chi connectivity index (χ0n) is 21.6. The van der Waals surface area contributed by atoms with E-state index in [4.69, 9.17) is 15.0 Å². The average molecular weight is 510 g/mol. The van der Waals surface area contributed by atoms with E-state index in [0.717, 1.165) is 49.9 Å². The number of nitrogens with zero attached hydrogens (tertiary/aromatic N) is 3. The van der Waals surface area contributed by atoms with Crippen LogP contribution in [-0.4, -0.2) is 15.0 Å². The number of hydrogen-bond donors (Lipinski definition) is 0. The predicted octanol–water partition coefficient (Wildman–Crippen LogP) is 9.49. The number of aromatic nitrogens is 3. The molecule has 8 rings (SSSR count). The van der Waals surface area contributed by atoms with E-state index < -0.39 is 0 Å². The van der Waals surface area contributed by atoms with Crippen LogP contribution in [0.1, 0.15) is 0 Å². The first-order valence-corrected chi connectivity index (χ1v) is 13.5. The molecule has 0 radical (unpaired) electrons. The van der Waals surface area contributed by atoms with E-state index in [1.807, 2.05) is 30.3 Å². The van der Waals surface area contributed by atoms with E-state index in [1.54, 1.807) is 0 Å². The first-order valence-electron chi connectivity index (χ1n) is 13.5. The third-order valence-corrected chi connectivity index (χ3v) is 7.63. The number of benzene rings is 6. The number of fused-ring (bicyclic) bond motifs is 6. The predicted molar refractivity (Wildman–Crippen MR) is 166 cm³/mol. The normalized spacial score (nSPS) is 11.5. The fraction of sp³-hybridized carbons (Fsp3) is 0. The van der Waals surface area contributed by atoms with Crippen LogP contribution < -0.4 is 0 Å². The van der Waals surface area contributed by atoms with Gasteiger partial charge in [-0.3, -0.25) is 0 Å². The Balaban J connectivity index is 1.37. The van der Waals surface area contributed by atoms with Gasteiger partial charge in [0.1, 0.15) is 0 Å². The number of hydrogen-bond acceptors (Lipinski definition) is 3. The standard InChI is InChI=1S/C37H23N3/c1-2-12-25(13-3-1)35-30-18-7-9-20-33(30)39-37(40-35)27-15-10-14-26(23-27)36-31-22-21-24-11-4-5-16-28(24)34(31)29-17-6-8-19-32(29)38-36/h1-23H. The maximum absolute atomic E-state index is 5.19. The summed E-state index contributed by atoms with van der Waals surface area (Å²) in [6, 6.07) is 48.4. The van der Waals surface area contributed by atoms with Crippen molar-refractivity contribution in [1.82, 2.24) is 15.0 Å². The second kappa shape index (κ2) is 9.11. The van der Waals surface area contributed by atoms with Gasteiger partial charge in [0.15, 0.2) is 5.82 Å². The van der Waals surface area contributed by atoms with Gasteiger partial charge in [0.25, 0.3) is 0 Å². The number of rotatable bonds is 3. The topological polar surface area (TPSA) is 38.7 Å². The summed E-state index contributed by atoms with van der Waals surface area (Å²) in [5.74, 6) is 0.704. The van der Waals surface area contributed by atoms with Crippen LogP contribution in [-0.2, 0) is 0 Å². The molecule has 0 aliphatic heterocycles. The maximum Gasteiger partial charge on any atom is 0.160 e. The second-order valence-electron chi connectivity index (χ2n) is 10.0. The third-order valence-electron chi connectivity index (χ3n) is 7.63. The molecule has 0 unspecified atom stereocenters. The van der Waals surface area contributed by atoms with Crippen LogP contribution in [0.15, 0.2) is 140 Å². The Kier molecular flexibility index (Phi) is 5.14. The zero-order valence-corrected chi connectivity index (χ0v) is 21.6. The van der Waals surface area contributed by atoms with Crippen LogP contribution in [0.3, 0.4) is 0 Å². The minimum Gasteiger partial charge on any atom is -0.247 e.